The van der Waals surface area contributed by atoms with Crippen LogP contribution in [0.25, 0.3) is 0 Å². The summed E-state index contributed by atoms with van der Waals surface area (Å²) in [5.41, 5.74) is 1.23. The molecule has 0 fully saturated rings. The molecule has 0 saturated heterocycles. The molecule has 5 heteroatoms. The standard InChI is InChI=1S/C11H18N2O2S/c1-13(2)16(14,15)12-10-6-9-11-7-4-3-5-8-11/h3-5,7-8,12H,6,9-10H2,1-2H3. The van der Waals surface area contributed by atoms with Crippen molar-refractivity contribution >= 4 is 10.2 Å². The van der Waals surface area contributed by atoms with Crippen LogP contribution in [0.1, 0.15) is 12.0 Å². The van der Waals surface area contributed by atoms with Crippen molar-refractivity contribution in [1.82, 2.24) is 9.03 Å². The fourth-order valence-corrected chi connectivity index (χ4v) is 1.93. The minimum absolute atomic E-state index is 0.468. The van der Waals surface area contributed by atoms with E-state index in [2.05, 4.69) is 4.72 Å². The van der Waals surface area contributed by atoms with Gasteiger partial charge < -0.3 is 0 Å². The van der Waals surface area contributed by atoms with E-state index < -0.39 is 10.2 Å². The maximum absolute atomic E-state index is 11.4. The second-order valence-corrected chi connectivity index (χ2v) is 5.74. The highest BCUT2D eigenvalue weighted by Gasteiger charge is 2.10. The smallest absolute Gasteiger partial charge is 0.202 e. The Bertz CT molecular complexity index is 401. The van der Waals surface area contributed by atoms with E-state index in [0.29, 0.717) is 6.54 Å². The van der Waals surface area contributed by atoms with Gasteiger partial charge in [0.25, 0.3) is 10.2 Å². The molecule has 0 aromatic heterocycles. The first-order valence-electron chi connectivity index (χ1n) is 5.23. The molecule has 0 bridgehead atoms. The average molecular weight is 242 g/mol. The zero-order chi connectivity index (χ0) is 12.0. The maximum atomic E-state index is 11.4. The van der Waals surface area contributed by atoms with Gasteiger partial charge in [-0.05, 0) is 18.4 Å². The highest BCUT2D eigenvalue weighted by molar-refractivity contribution is 7.87. The zero-order valence-corrected chi connectivity index (χ0v) is 10.5. The number of rotatable bonds is 6. The second-order valence-electron chi connectivity index (χ2n) is 3.77. The molecule has 0 amide bonds. The molecule has 0 spiro atoms. The molecular weight excluding hydrogens is 224 g/mol. The Kier molecular flexibility index (Phi) is 4.92. The predicted molar refractivity (Wildman–Crippen MR) is 65.4 cm³/mol. The van der Waals surface area contributed by atoms with Crippen LogP contribution in [0, 0.1) is 0 Å². The van der Waals surface area contributed by atoms with Gasteiger partial charge >= 0.3 is 0 Å². The SMILES string of the molecule is CN(C)S(=O)(=O)NCCCc1ccccc1. The van der Waals surface area contributed by atoms with Crippen molar-refractivity contribution in [3.63, 3.8) is 0 Å². The first-order chi connectivity index (χ1) is 7.52. The first kappa shape index (κ1) is 13.2. The topological polar surface area (TPSA) is 49.4 Å². The van der Waals surface area contributed by atoms with Gasteiger partial charge in [-0.15, -0.1) is 0 Å². The lowest BCUT2D eigenvalue weighted by Gasteiger charge is -2.11. The molecule has 0 heterocycles. The van der Waals surface area contributed by atoms with Crippen molar-refractivity contribution in [2.45, 2.75) is 12.8 Å². The van der Waals surface area contributed by atoms with Crippen LogP contribution in [-0.4, -0.2) is 33.4 Å². The lowest BCUT2D eigenvalue weighted by molar-refractivity contribution is 0.504. The molecule has 0 saturated carbocycles. The van der Waals surface area contributed by atoms with Crippen molar-refractivity contribution in [2.75, 3.05) is 20.6 Å². The van der Waals surface area contributed by atoms with E-state index in [-0.39, 0.29) is 0 Å². The molecule has 0 radical (unpaired) electrons. The summed E-state index contributed by atoms with van der Waals surface area (Å²) in [4.78, 5) is 0. The Morgan fingerprint density at radius 2 is 1.81 bits per heavy atom. The number of benzene rings is 1. The Morgan fingerprint density at radius 3 is 2.38 bits per heavy atom. The van der Waals surface area contributed by atoms with Crippen LogP contribution in [0.2, 0.25) is 0 Å². The Hall–Kier alpha value is -0.910. The van der Waals surface area contributed by atoms with Gasteiger partial charge in [0, 0.05) is 20.6 Å². The van der Waals surface area contributed by atoms with E-state index in [0.717, 1.165) is 12.8 Å². The summed E-state index contributed by atoms with van der Waals surface area (Å²) in [6.45, 7) is 0.468. The predicted octanol–water partition coefficient (Wildman–Crippen LogP) is 1.02. The van der Waals surface area contributed by atoms with Crippen molar-refractivity contribution in [3.05, 3.63) is 35.9 Å². The summed E-state index contributed by atoms with van der Waals surface area (Å²) in [6.07, 6.45) is 1.69. The average Bonchev–Trinajstić information content (AvgIpc) is 2.26. The van der Waals surface area contributed by atoms with Gasteiger partial charge in [0.1, 0.15) is 0 Å². The number of hydrogen-bond acceptors (Lipinski definition) is 2. The molecular formula is C11H18N2O2S. The van der Waals surface area contributed by atoms with Gasteiger partial charge in [-0.3, -0.25) is 0 Å². The second kappa shape index (κ2) is 5.98. The monoisotopic (exact) mass is 242 g/mol. The Morgan fingerprint density at radius 1 is 1.19 bits per heavy atom. The third kappa shape index (κ3) is 4.30. The van der Waals surface area contributed by atoms with Crippen molar-refractivity contribution in [3.8, 4) is 0 Å². The van der Waals surface area contributed by atoms with Crippen molar-refractivity contribution in [2.24, 2.45) is 0 Å². The summed E-state index contributed by atoms with van der Waals surface area (Å²) in [5, 5.41) is 0. The van der Waals surface area contributed by atoms with Crippen LogP contribution in [0.5, 0.6) is 0 Å². The molecule has 0 aliphatic carbocycles. The van der Waals surface area contributed by atoms with E-state index in [1.807, 2.05) is 30.3 Å². The van der Waals surface area contributed by atoms with Crippen LogP contribution in [-0.2, 0) is 16.6 Å². The number of nitrogens with one attached hydrogen (secondary N) is 1. The molecule has 0 atom stereocenters. The fourth-order valence-electron chi connectivity index (χ4n) is 1.27. The molecule has 1 rings (SSSR count). The van der Waals surface area contributed by atoms with E-state index in [9.17, 15) is 8.42 Å². The zero-order valence-electron chi connectivity index (χ0n) is 9.68. The van der Waals surface area contributed by atoms with E-state index in [4.69, 9.17) is 0 Å². The lowest BCUT2D eigenvalue weighted by Crippen LogP contribution is -2.36. The minimum Gasteiger partial charge on any atom is -0.202 e. The van der Waals surface area contributed by atoms with Gasteiger partial charge in [0.2, 0.25) is 0 Å². The normalized spacial score (nSPS) is 11.9. The number of hydrogen-bond donors (Lipinski definition) is 1. The van der Waals surface area contributed by atoms with Gasteiger partial charge in [0.05, 0.1) is 0 Å². The van der Waals surface area contributed by atoms with Crippen LogP contribution < -0.4 is 4.72 Å². The summed E-state index contributed by atoms with van der Waals surface area (Å²) in [7, 11) is -0.242. The third-order valence-electron chi connectivity index (χ3n) is 2.25. The summed E-state index contributed by atoms with van der Waals surface area (Å²) in [6, 6.07) is 10.0. The molecule has 1 aromatic carbocycles. The van der Waals surface area contributed by atoms with Crippen LogP contribution in [0.3, 0.4) is 0 Å². The Balaban J connectivity index is 2.28. The quantitative estimate of drug-likeness (QED) is 0.757. The molecule has 1 aromatic rings. The minimum atomic E-state index is -3.27. The molecule has 16 heavy (non-hydrogen) atoms. The summed E-state index contributed by atoms with van der Waals surface area (Å²) < 4.78 is 26.4. The summed E-state index contributed by atoms with van der Waals surface area (Å²) >= 11 is 0. The van der Waals surface area contributed by atoms with Crippen LogP contribution in [0.15, 0.2) is 30.3 Å². The van der Waals surface area contributed by atoms with Crippen molar-refractivity contribution < 1.29 is 8.42 Å². The first-order valence-corrected chi connectivity index (χ1v) is 6.67. The number of nitrogens with zero attached hydrogens (tertiary/aromatic N) is 1. The van der Waals surface area contributed by atoms with Crippen LogP contribution >= 0.6 is 0 Å². The van der Waals surface area contributed by atoms with Crippen LogP contribution in [0.4, 0.5) is 0 Å². The molecule has 1 N–H and O–H groups in total. The Labute approximate surface area is 97.5 Å². The highest BCUT2D eigenvalue weighted by atomic mass is 32.2. The van der Waals surface area contributed by atoms with E-state index in [1.54, 1.807) is 0 Å². The number of aryl methyl sites for hydroxylation is 1. The van der Waals surface area contributed by atoms with Crippen molar-refractivity contribution in [1.29, 1.82) is 0 Å². The molecule has 0 unspecified atom stereocenters. The summed E-state index contributed by atoms with van der Waals surface area (Å²) in [5.74, 6) is 0. The fraction of sp³-hybridized carbons (Fsp3) is 0.455. The lowest BCUT2D eigenvalue weighted by atomic mass is 10.1. The molecule has 0 aliphatic rings. The van der Waals surface area contributed by atoms with E-state index in [1.165, 1.54) is 24.0 Å². The van der Waals surface area contributed by atoms with Gasteiger partial charge in [-0.2, -0.15) is 12.7 Å². The van der Waals surface area contributed by atoms with E-state index >= 15 is 0 Å². The van der Waals surface area contributed by atoms with Gasteiger partial charge in [-0.25, -0.2) is 4.72 Å². The largest absolute Gasteiger partial charge is 0.278 e. The third-order valence-corrected chi connectivity index (χ3v) is 3.78. The molecule has 90 valence electrons. The van der Waals surface area contributed by atoms with Gasteiger partial charge in [0.15, 0.2) is 0 Å². The molecule has 4 nitrogen and oxygen atoms in total. The van der Waals surface area contributed by atoms with Gasteiger partial charge in [-0.1, -0.05) is 30.3 Å². The highest BCUT2D eigenvalue weighted by Crippen LogP contribution is 2.01. The maximum Gasteiger partial charge on any atom is 0.278 e. The molecule has 0 aliphatic heterocycles.